The molecule has 3 N–H and O–H groups in total. The highest BCUT2D eigenvalue weighted by Gasteiger charge is 2.38. The minimum atomic E-state index is -6.00. The third kappa shape index (κ3) is 13.5. The topological polar surface area (TPSA) is 174 Å². The van der Waals surface area contributed by atoms with E-state index >= 15 is 17.6 Å². The number of rotatable bonds is 21. The van der Waals surface area contributed by atoms with Gasteiger partial charge in [-0.15, -0.1) is 15.9 Å². The Morgan fingerprint density at radius 3 is 1.88 bits per heavy atom. The highest BCUT2D eigenvalue weighted by Crippen LogP contribution is 2.41. The summed E-state index contributed by atoms with van der Waals surface area (Å²) in [4.78, 5) is 19.2. The number of nitrogens with one attached hydrogen (secondary N) is 2. The second kappa shape index (κ2) is 25.4. The van der Waals surface area contributed by atoms with Crippen molar-refractivity contribution in [2.24, 2.45) is 0 Å². The largest absolute Gasteiger partial charge is 0.460 e. The van der Waals surface area contributed by atoms with E-state index < -0.39 is 88.5 Å². The molecule has 12 nitrogen and oxygen atoms in total. The lowest BCUT2D eigenvalue weighted by Gasteiger charge is -2.24. The van der Waals surface area contributed by atoms with Crippen molar-refractivity contribution in [2.75, 3.05) is 25.5 Å². The molecule has 0 radical (unpaired) electrons. The Labute approximate surface area is 469 Å². The summed E-state index contributed by atoms with van der Waals surface area (Å²) in [7, 11) is -11.4. The van der Waals surface area contributed by atoms with Gasteiger partial charge in [-0.05, 0) is 112 Å². The molecule has 19 heteroatoms. The van der Waals surface area contributed by atoms with Gasteiger partial charge >= 0.3 is 12.1 Å². The van der Waals surface area contributed by atoms with Gasteiger partial charge in [-0.2, -0.15) is 0 Å². The zero-order chi connectivity index (χ0) is 58.5. The van der Waals surface area contributed by atoms with Gasteiger partial charge in [0.15, 0.2) is 28.2 Å². The molecule has 0 aromatic heterocycles. The van der Waals surface area contributed by atoms with Crippen LogP contribution < -0.4 is 24.6 Å². The number of alkyl carbamates (subject to hydrolysis) is 1. The molecule has 0 saturated heterocycles. The molecule has 424 valence electrons. The van der Waals surface area contributed by atoms with Crippen LogP contribution in [0.3, 0.4) is 0 Å². The average Bonchev–Trinajstić information content (AvgIpc) is 3.52. The summed E-state index contributed by atoms with van der Waals surface area (Å²) in [5.74, 6) is -9.18. The number of benzene rings is 6. The van der Waals surface area contributed by atoms with Crippen molar-refractivity contribution in [1.82, 2.24) is 9.44 Å². The van der Waals surface area contributed by atoms with Crippen LogP contribution in [-0.4, -0.2) is 65.6 Å². The number of aliphatic hydroxyl groups excluding tert-OH is 1. The number of esters is 1. The average molecular weight is 1160 g/mol. The number of amides is 1. The number of halogens is 4. The van der Waals surface area contributed by atoms with Crippen LogP contribution in [0.2, 0.25) is 0 Å². The van der Waals surface area contributed by atoms with Crippen molar-refractivity contribution in [2.45, 2.75) is 113 Å². The van der Waals surface area contributed by atoms with Gasteiger partial charge in [0.1, 0.15) is 24.7 Å². The van der Waals surface area contributed by atoms with Crippen molar-refractivity contribution >= 4 is 55.5 Å². The third-order valence-electron chi connectivity index (χ3n) is 13.3. The lowest BCUT2D eigenvalue weighted by atomic mass is 9.85. The summed E-state index contributed by atoms with van der Waals surface area (Å²) in [6.07, 6.45) is -0.122. The smallest absolute Gasteiger partial charge is 0.407 e. The quantitative estimate of drug-likeness (QED) is 0.0156. The van der Waals surface area contributed by atoms with E-state index in [2.05, 4.69) is 104 Å². The number of aliphatic hydroxyl groups is 1. The second-order valence-corrected chi connectivity index (χ2v) is 25.2. The Bertz CT molecular complexity index is 3670. The SMILES string of the molecule is C=C(C)C(=O)OCCNC(=O)OCC(O)CSc1c(F)c(F)c(S(=O)(=O)NS(=O)(=O)c2ccccc2C2=c3cc/c(=C\c4c(C(C)C)cccc4C(C)C)cc3Oc3cc(Cc4c(C(C)C)cccc4C(C)C)ccc32)c(F)c1F. The van der Waals surface area contributed by atoms with E-state index in [1.807, 2.05) is 30.3 Å². The van der Waals surface area contributed by atoms with Gasteiger partial charge in [0.2, 0.25) is 0 Å². The number of fused-ring (bicyclic) bond motifs is 2. The first-order valence-corrected chi connectivity index (χ1v) is 29.9. The fourth-order valence-electron chi connectivity index (χ4n) is 9.46. The molecule has 1 unspecified atom stereocenters. The van der Waals surface area contributed by atoms with Gasteiger partial charge in [0.25, 0.3) is 20.0 Å². The normalized spacial score (nSPS) is 13.1. The van der Waals surface area contributed by atoms with Crippen LogP contribution in [0, 0.1) is 23.3 Å². The molecule has 1 atom stereocenters. The summed E-state index contributed by atoms with van der Waals surface area (Å²) >= 11 is 0.0275. The Kier molecular flexibility index (Phi) is 19.3. The van der Waals surface area contributed by atoms with Crippen LogP contribution in [0.4, 0.5) is 22.4 Å². The highest BCUT2D eigenvalue weighted by atomic mass is 32.3. The predicted molar refractivity (Wildman–Crippen MR) is 302 cm³/mol. The lowest BCUT2D eigenvalue weighted by molar-refractivity contribution is -0.138. The van der Waals surface area contributed by atoms with Gasteiger partial charge in [0, 0.05) is 33.2 Å². The Balaban J connectivity index is 1.26. The fraction of sp³-hybridized carbons (Fsp3) is 0.311. The molecule has 1 heterocycles. The third-order valence-corrected chi connectivity index (χ3v) is 18.1. The summed E-state index contributed by atoms with van der Waals surface area (Å²) in [5.41, 5.74) is 8.61. The fourth-order valence-corrected chi connectivity index (χ4v) is 13.6. The molecule has 0 fully saturated rings. The Morgan fingerprint density at radius 2 is 1.29 bits per heavy atom. The zero-order valence-electron chi connectivity index (χ0n) is 45.8. The molecule has 0 bridgehead atoms. The van der Waals surface area contributed by atoms with Crippen molar-refractivity contribution in [1.29, 1.82) is 0 Å². The summed E-state index contributed by atoms with van der Waals surface area (Å²) < 4.78 is 138. The summed E-state index contributed by atoms with van der Waals surface area (Å²) in [5, 5.41) is 13.8. The van der Waals surface area contributed by atoms with Crippen LogP contribution in [0.1, 0.15) is 136 Å². The van der Waals surface area contributed by atoms with Crippen molar-refractivity contribution in [3.63, 3.8) is 0 Å². The van der Waals surface area contributed by atoms with E-state index in [-0.39, 0.29) is 59.7 Å². The molecule has 6 aromatic rings. The minimum Gasteiger partial charge on any atom is -0.460 e. The first-order chi connectivity index (χ1) is 37.7. The van der Waals surface area contributed by atoms with E-state index in [9.17, 15) is 31.5 Å². The number of hydrogen-bond acceptors (Lipinski definition) is 11. The van der Waals surface area contributed by atoms with Crippen LogP contribution >= 0.6 is 11.8 Å². The highest BCUT2D eigenvalue weighted by molar-refractivity contribution is 8.04. The van der Waals surface area contributed by atoms with E-state index in [1.165, 1.54) is 45.9 Å². The van der Waals surface area contributed by atoms with E-state index in [0.29, 0.717) is 34.3 Å². The molecule has 1 amide bonds. The van der Waals surface area contributed by atoms with Crippen LogP contribution in [0.25, 0.3) is 11.6 Å². The molecule has 0 spiro atoms. The summed E-state index contributed by atoms with van der Waals surface area (Å²) in [6, 6.07) is 29.0. The number of thioether (sulfide) groups is 1. The van der Waals surface area contributed by atoms with E-state index in [4.69, 9.17) is 14.2 Å². The van der Waals surface area contributed by atoms with Crippen molar-refractivity contribution < 1.29 is 63.3 Å². The van der Waals surface area contributed by atoms with Gasteiger partial charge in [-0.1, -0.05) is 135 Å². The number of carbonyl (C=O) groups excluding carboxylic acids is 2. The van der Waals surface area contributed by atoms with Gasteiger partial charge in [-0.25, -0.2) is 44.0 Å². The minimum absolute atomic E-state index is 0.0275. The number of carbonyl (C=O) groups is 2. The molecular weight excluding hydrogens is 1090 g/mol. The maximum atomic E-state index is 15.9. The number of hydrogen-bond donors (Lipinski definition) is 3. The number of sulfonamides is 2. The Hall–Kier alpha value is -6.77. The first kappa shape index (κ1) is 60.9. The predicted octanol–water partition coefficient (Wildman–Crippen LogP) is 11.5. The molecule has 7 rings (SSSR count). The van der Waals surface area contributed by atoms with Crippen LogP contribution in [-0.2, 0) is 40.7 Å². The maximum Gasteiger partial charge on any atom is 0.407 e. The van der Waals surface area contributed by atoms with Crippen molar-refractivity contribution in [3.8, 4) is 11.5 Å². The molecule has 1 aliphatic heterocycles. The van der Waals surface area contributed by atoms with E-state index in [0.717, 1.165) is 33.5 Å². The monoisotopic (exact) mass is 1160 g/mol. The van der Waals surface area contributed by atoms with Gasteiger partial charge < -0.3 is 24.6 Å². The molecule has 6 aromatic carbocycles. The van der Waals surface area contributed by atoms with Crippen molar-refractivity contribution in [3.05, 3.63) is 193 Å². The zero-order valence-corrected chi connectivity index (χ0v) is 48.3. The number of ether oxygens (including phenoxy) is 3. The summed E-state index contributed by atoms with van der Waals surface area (Å²) in [6.45, 7) is 20.7. The van der Waals surface area contributed by atoms with Gasteiger partial charge in [-0.3, -0.25) is 0 Å². The van der Waals surface area contributed by atoms with Crippen LogP contribution in [0.15, 0.2) is 124 Å². The second-order valence-electron chi connectivity index (χ2n) is 20.7. The Morgan fingerprint density at radius 1 is 0.700 bits per heavy atom. The first-order valence-electron chi connectivity index (χ1n) is 25.9. The molecule has 1 aliphatic rings. The van der Waals surface area contributed by atoms with E-state index in [1.54, 1.807) is 12.1 Å². The maximum absolute atomic E-state index is 15.9. The molecular formula is C61H64F4N2O10S3. The molecule has 0 aliphatic carbocycles. The molecule has 80 heavy (non-hydrogen) atoms. The van der Waals surface area contributed by atoms with Gasteiger partial charge in [0.05, 0.1) is 22.4 Å². The van der Waals surface area contributed by atoms with Crippen LogP contribution in [0.5, 0.6) is 11.5 Å². The molecule has 0 saturated carbocycles. The lowest BCUT2D eigenvalue weighted by Crippen LogP contribution is -2.33. The standard InChI is InChI=1S/C61H64F4N2O10S3/c1-33(2)41-16-13-17-42(34(3)4)48(41)27-38-21-23-45-50(29-38)77-51-30-39(28-49-43(35(5)6)18-14-19-44(49)36(7)8)22-24-46(51)53(45)47-15-11-12-20-52(47)79(71,72)67-80(73,74)59-56(64)54(62)58(55(63)57(59)65)78-32-40(68)31-76-61(70)66-25-26-75-60(69)37(9)10/h11-24,27,29-30,33-36,40,67-68H,9,25-26,28,31-32H2,1-8,10H3,(H,66,70)/b38-27+.